The van der Waals surface area contributed by atoms with Crippen molar-refractivity contribution in [3.63, 3.8) is 0 Å². The van der Waals surface area contributed by atoms with Crippen LogP contribution in [0.2, 0.25) is 0 Å². The lowest BCUT2D eigenvalue weighted by Crippen LogP contribution is -2.36. The topological polar surface area (TPSA) is 100 Å². The molecule has 8 heteroatoms. The minimum Gasteiger partial charge on any atom is -0.378 e. The number of nitrogens with zero attached hydrogens (tertiary/aromatic N) is 2. The largest absolute Gasteiger partial charge is 0.378 e. The van der Waals surface area contributed by atoms with Crippen LogP contribution in [0.15, 0.2) is 79.0 Å². The van der Waals surface area contributed by atoms with Crippen molar-refractivity contribution in [1.29, 1.82) is 0 Å². The van der Waals surface area contributed by atoms with Gasteiger partial charge in [-0.25, -0.2) is 0 Å². The van der Waals surface area contributed by atoms with Crippen LogP contribution in [0.4, 0.5) is 11.4 Å². The average Bonchev–Trinajstić information content (AvgIpc) is 3.33. The predicted octanol–water partition coefficient (Wildman–Crippen LogP) is 4.47. The van der Waals surface area contributed by atoms with Gasteiger partial charge in [0.2, 0.25) is 0 Å². The summed E-state index contributed by atoms with van der Waals surface area (Å²) in [7, 11) is 0. The molecule has 1 amide bonds. The van der Waals surface area contributed by atoms with Gasteiger partial charge in [0.05, 0.1) is 18.1 Å². The summed E-state index contributed by atoms with van der Waals surface area (Å²) in [5.41, 5.74) is 3.89. The van der Waals surface area contributed by atoms with E-state index in [1.807, 2.05) is 59.6 Å². The van der Waals surface area contributed by atoms with Gasteiger partial charge in [-0.15, -0.1) is 0 Å². The highest BCUT2D eigenvalue weighted by atomic mass is 16.6. The number of para-hydroxylation sites is 1. The number of hydrogen-bond acceptors (Lipinski definition) is 5. The third kappa shape index (κ3) is 4.74. The first kappa shape index (κ1) is 22.6. The molecule has 1 aliphatic heterocycles. The monoisotopic (exact) mass is 470 g/mol. The number of carbonyl (C=O) groups is 1. The number of morpholine rings is 1. The fourth-order valence-corrected chi connectivity index (χ4v) is 4.65. The van der Waals surface area contributed by atoms with Crippen LogP contribution >= 0.6 is 0 Å². The Morgan fingerprint density at radius 3 is 2.57 bits per heavy atom. The van der Waals surface area contributed by atoms with Gasteiger partial charge < -0.3 is 19.9 Å². The number of benzene rings is 3. The van der Waals surface area contributed by atoms with E-state index in [1.165, 1.54) is 6.07 Å². The van der Waals surface area contributed by atoms with Crippen molar-refractivity contribution in [2.45, 2.75) is 5.92 Å². The van der Waals surface area contributed by atoms with Gasteiger partial charge in [0.15, 0.2) is 0 Å². The molecule has 0 bridgehead atoms. The smallest absolute Gasteiger partial charge is 0.293 e. The summed E-state index contributed by atoms with van der Waals surface area (Å²) in [5, 5.41) is 15.9. The zero-order chi connectivity index (χ0) is 24.2. The van der Waals surface area contributed by atoms with E-state index in [-0.39, 0.29) is 23.1 Å². The van der Waals surface area contributed by atoms with Gasteiger partial charge in [-0.1, -0.05) is 48.5 Å². The van der Waals surface area contributed by atoms with Gasteiger partial charge in [0.1, 0.15) is 5.69 Å². The molecule has 178 valence electrons. The lowest BCUT2D eigenvalue weighted by molar-refractivity contribution is -0.384. The quantitative estimate of drug-likeness (QED) is 0.307. The van der Waals surface area contributed by atoms with Gasteiger partial charge in [-0.3, -0.25) is 14.9 Å². The fourth-order valence-electron chi connectivity index (χ4n) is 4.65. The molecule has 8 nitrogen and oxygen atoms in total. The summed E-state index contributed by atoms with van der Waals surface area (Å²) < 4.78 is 5.35. The lowest BCUT2D eigenvalue weighted by atomic mass is 9.91. The molecular weight excluding hydrogens is 444 g/mol. The summed E-state index contributed by atoms with van der Waals surface area (Å²) in [6.07, 6.45) is 1.98. The molecule has 4 aromatic rings. The Morgan fingerprint density at radius 1 is 1.06 bits per heavy atom. The Hall–Kier alpha value is -4.17. The second-order valence-corrected chi connectivity index (χ2v) is 8.52. The van der Waals surface area contributed by atoms with Crippen LogP contribution in [0.25, 0.3) is 10.9 Å². The van der Waals surface area contributed by atoms with Gasteiger partial charge in [0.25, 0.3) is 11.6 Å². The highest BCUT2D eigenvalue weighted by Gasteiger charge is 2.24. The summed E-state index contributed by atoms with van der Waals surface area (Å²) in [6, 6.07) is 22.7. The highest BCUT2D eigenvalue weighted by molar-refractivity contribution is 5.96. The second kappa shape index (κ2) is 9.99. The number of carbonyl (C=O) groups excluding carboxylic acids is 1. The molecule has 1 atom stereocenters. The maximum atomic E-state index is 13.1. The first-order valence-electron chi connectivity index (χ1n) is 11.6. The Labute approximate surface area is 202 Å². The number of H-pyrrole nitrogens is 1. The number of ether oxygens (including phenoxy) is 1. The first-order valence-corrected chi connectivity index (χ1v) is 11.6. The maximum absolute atomic E-state index is 13.1. The molecule has 5 rings (SSSR count). The molecular formula is C27H26N4O4. The Morgan fingerprint density at radius 2 is 1.80 bits per heavy atom. The number of aromatic amines is 1. The van der Waals surface area contributed by atoms with Crippen LogP contribution < -0.4 is 10.2 Å². The van der Waals surface area contributed by atoms with E-state index in [0.717, 1.165) is 22.0 Å². The predicted molar refractivity (Wildman–Crippen MR) is 135 cm³/mol. The van der Waals surface area contributed by atoms with E-state index >= 15 is 0 Å². The Balaban J connectivity index is 1.40. The van der Waals surface area contributed by atoms with Crippen molar-refractivity contribution in [3.05, 3.63) is 106 Å². The molecule has 1 saturated heterocycles. The molecule has 2 N–H and O–H groups in total. The average molecular weight is 471 g/mol. The SMILES string of the molecule is O=C(NCC(c1ccccc1)c1c[nH]c2ccccc12)c1ccc(N2CCOCC2)c([N+](=O)[O-])c1. The normalized spacial score (nSPS) is 14.6. The number of amides is 1. The lowest BCUT2D eigenvalue weighted by Gasteiger charge is -2.28. The van der Waals surface area contributed by atoms with E-state index in [4.69, 9.17) is 4.74 Å². The summed E-state index contributed by atoms with van der Waals surface area (Å²) in [5.74, 6) is -0.429. The fraction of sp³-hybridized carbons (Fsp3) is 0.222. The van der Waals surface area contributed by atoms with Gasteiger partial charge in [-0.05, 0) is 29.3 Å². The van der Waals surface area contributed by atoms with Gasteiger partial charge in [-0.2, -0.15) is 0 Å². The van der Waals surface area contributed by atoms with Gasteiger partial charge >= 0.3 is 0 Å². The van der Waals surface area contributed by atoms with E-state index in [9.17, 15) is 14.9 Å². The number of hydrogen-bond donors (Lipinski definition) is 2. The highest BCUT2D eigenvalue weighted by Crippen LogP contribution is 2.32. The number of rotatable bonds is 7. The van der Waals surface area contributed by atoms with Crippen LogP contribution in [0.5, 0.6) is 0 Å². The third-order valence-corrected chi connectivity index (χ3v) is 6.45. The zero-order valence-corrected chi connectivity index (χ0v) is 19.1. The summed E-state index contributed by atoms with van der Waals surface area (Å²) in [6.45, 7) is 2.55. The molecule has 35 heavy (non-hydrogen) atoms. The van der Waals surface area contributed by atoms with Crippen LogP contribution in [0, 0.1) is 10.1 Å². The number of nitro benzene ring substituents is 1. The number of aromatic nitrogens is 1. The minimum atomic E-state index is -0.430. The van der Waals surface area contributed by atoms with Crippen LogP contribution in [0.3, 0.4) is 0 Å². The number of nitro groups is 1. The number of nitrogens with one attached hydrogen (secondary N) is 2. The van der Waals surface area contributed by atoms with Crippen molar-refractivity contribution in [3.8, 4) is 0 Å². The molecule has 1 aromatic heterocycles. The molecule has 0 radical (unpaired) electrons. The number of anilines is 1. The van der Waals surface area contributed by atoms with E-state index in [0.29, 0.717) is 38.5 Å². The molecule has 1 fully saturated rings. The maximum Gasteiger partial charge on any atom is 0.293 e. The minimum absolute atomic E-state index is 0.0733. The molecule has 1 aliphatic rings. The van der Waals surface area contributed by atoms with E-state index < -0.39 is 4.92 Å². The molecule has 0 aliphatic carbocycles. The van der Waals surface area contributed by atoms with E-state index in [2.05, 4.69) is 16.4 Å². The van der Waals surface area contributed by atoms with Crippen molar-refractivity contribution in [1.82, 2.24) is 10.3 Å². The molecule has 0 saturated carbocycles. The van der Waals surface area contributed by atoms with E-state index in [1.54, 1.807) is 12.1 Å². The standard InChI is InChI=1S/C27H26N4O4/c32-27(20-10-11-25(26(16-20)31(33)34)30-12-14-35-15-13-30)29-17-22(19-6-2-1-3-7-19)23-18-28-24-9-5-4-8-21(23)24/h1-11,16,18,22,28H,12-15,17H2,(H,29,32). The van der Waals surface area contributed by atoms with Crippen molar-refractivity contribution in [2.75, 3.05) is 37.7 Å². The Bertz CT molecular complexity index is 1350. The molecule has 2 heterocycles. The second-order valence-electron chi connectivity index (χ2n) is 8.52. The van der Waals surface area contributed by atoms with Gasteiger partial charge in [0, 0.05) is 54.3 Å². The van der Waals surface area contributed by atoms with Crippen molar-refractivity contribution < 1.29 is 14.5 Å². The molecule has 3 aromatic carbocycles. The number of fused-ring (bicyclic) bond motifs is 1. The molecule has 0 spiro atoms. The summed E-state index contributed by atoms with van der Waals surface area (Å²) >= 11 is 0. The van der Waals surface area contributed by atoms with Crippen molar-refractivity contribution >= 4 is 28.2 Å². The third-order valence-electron chi connectivity index (χ3n) is 6.45. The summed E-state index contributed by atoms with van der Waals surface area (Å²) in [4.78, 5) is 29.7. The zero-order valence-electron chi connectivity index (χ0n) is 19.1. The first-order chi connectivity index (χ1) is 17.1. The van der Waals surface area contributed by atoms with Crippen LogP contribution in [-0.2, 0) is 4.74 Å². The van der Waals surface area contributed by atoms with Crippen LogP contribution in [0.1, 0.15) is 27.4 Å². The van der Waals surface area contributed by atoms with Crippen molar-refractivity contribution in [2.24, 2.45) is 0 Å². The Kier molecular flexibility index (Phi) is 6.45. The van der Waals surface area contributed by atoms with Crippen LogP contribution in [-0.4, -0.2) is 48.7 Å². The molecule has 1 unspecified atom stereocenters.